The number of hydrogen-bond acceptors (Lipinski definition) is 4. The monoisotopic (exact) mass is 335 g/mol. The van der Waals surface area contributed by atoms with Gasteiger partial charge in [-0.2, -0.15) is 0 Å². The van der Waals surface area contributed by atoms with E-state index in [4.69, 9.17) is 4.52 Å². The van der Waals surface area contributed by atoms with Crippen molar-refractivity contribution in [2.75, 3.05) is 6.54 Å². The molecular formula is C20H21N3O2. The van der Waals surface area contributed by atoms with Crippen molar-refractivity contribution < 1.29 is 9.32 Å². The molecule has 1 saturated heterocycles. The van der Waals surface area contributed by atoms with Crippen molar-refractivity contribution >= 4 is 16.9 Å². The number of hydrogen-bond donors (Lipinski definition) is 0. The molecule has 1 aliphatic heterocycles. The summed E-state index contributed by atoms with van der Waals surface area (Å²) >= 11 is 0. The number of carbonyl (C=O) groups is 1. The first kappa shape index (κ1) is 15.8. The van der Waals surface area contributed by atoms with Gasteiger partial charge in [0.2, 0.25) is 5.91 Å². The maximum Gasteiger partial charge on any atom is 0.229 e. The Labute approximate surface area is 146 Å². The summed E-state index contributed by atoms with van der Waals surface area (Å²) in [6, 6.07) is 11.8. The second-order valence-electron chi connectivity index (χ2n) is 6.54. The zero-order valence-electron chi connectivity index (χ0n) is 14.1. The van der Waals surface area contributed by atoms with Gasteiger partial charge >= 0.3 is 0 Å². The highest BCUT2D eigenvalue weighted by Crippen LogP contribution is 2.30. The number of aromatic nitrogens is 2. The van der Waals surface area contributed by atoms with Crippen LogP contribution in [-0.4, -0.2) is 27.5 Å². The van der Waals surface area contributed by atoms with Gasteiger partial charge in [-0.05, 0) is 42.7 Å². The van der Waals surface area contributed by atoms with Gasteiger partial charge in [0.25, 0.3) is 0 Å². The molecule has 5 nitrogen and oxygen atoms in total. The van der Waals surface area contributed by atoms with Crippen LogP contribution in [-0.2, 0) is 11.2 Å². The molecule has 0 spiro atoms. The van der Waals surface area contributed by atoms with Crippen LogP contribution in [0.15, 0.2) is 53.3 Å². The second-order valence-corrected chi connectivity index (χ2v) is 6.54. The number of fused-ring (bicyclic) bond motifs is 1. The summed E-state index contributed by atoms with van der Waals surface area (Å²) in [7, 11) is 0. The molecule has 1 aliphatic rings. The molecule has 1 atom stereocenters. The molecule has 2 aromatic heterocycles. The molecule has 25 heavy (non-hydrogen) atoms. The molecule has 0 aliphatic carbocycles. The fourth-order valence-corrected chi connectivity index (χ4v) is 3.65. The molecule has 0 radical (unpaired) electrons. The molecule has 0 N–H and O–H groups in total. The fraction of sp³-hybridized carbons (Fsp3) is 0.350. The average molecular weight is 335 g/mol. The maximum atomic E-state index is 13.1. The van der Waals surface area contributed by atoms with Crippen molar-refractivity contribution in [2.45, 2.75) is 38.1 Å². The van der Waals surface area contributed by atoms with Crippen molar-refractivity contribution in [1.82, 2.24) is 15.0 Å². The number of benzene rings is 1. The van der Waals surface area contributed by atoms with E-state index < -0.39 is 0 Å². The molecule has 1 amide bonds. The molecule has 5 heteroatoms. The maximum absolute atomic E-state index is 13.1. The van der Waals surface area contributed by atoms with Crippen LogP contribution in [0.5, 0.6) is 0 Å². The van der Waals surface area contributed by atoms with Crippen LogP contribution >= 0.6 is 0 Å². The molecule has 1 fully saturated rings. The predicted octanol–water partition coefficient (Wildman–Crippen LogP) is 3.91. The standard InChI is InChI=1S/C20H21N3O2/c24-20(14-17-16-6-3-4-8-19(16)25-22-17)23-13-5-1-2-7-18(23)15-9-11-21-12-10-15/h3-4,6,8-12,18H,1-2,5,7,13-14H2/t18-/m1/s1. The van der Waals surface area contributed by atoms with Gasteiger partial charge < -0.3 is 9.42 Å². The smallest absolute Gasteiger partial charge is 0.229 e. The third-order valence-corrected chi connectivity index (χ3v) is 4.93. The lowest BCUT2D eigenvalue weighted by molar-refractivity contribution is -0.133. The van der Waals surface area contributed by atoms with E-state index in [-0.39, 0.29) is 18.4 Å². The minimum Gasteiger partial charge on any atom is -0.356 e. The number of nitrogens with zero attached hydrogens (tertiary/aromatic N) is 3. The quantitative estimate of drug-likeness (QED) is 0.728. The first-order valence-electron chi connectivity index (χ1n) is 8.85. The number of rotatable bonds is 3. The Morgan fingerprint density at radius 1 is 1.12 bits per heavy atom. The van der Waals surface area contributed by atoms with Crippen molar-refractivity contribution in [3.8, 4) is 0 Å². The van der Waals surface area contributed by atoms with E-state index in [0.717, 1.165) is 54.5 Å². The Kier molecular flexibility index (Phi) is 4.46. The summed E-state index contributed by atoms with van der Waals surface area (Å²) in [4.78, 5) is 19.2. The summed E-state index contributed by atoms with van der Waals surface area (Å²) in [6.07, 6.45) is 8.23. The highest BCUT2D eigenvalue weighted by atomic mass is 16.5. The van der Waals surface area contributed by atoms with Gasteiger partial charge in [-0.3, -0.25) is 9.78 Å². The number of amides is 1. The molecular weight excluding hydrogens is 314 g/mol. The van der Waals surface area contributed by atoms with E-state index in [0.29, 0.717) is 0 Å². The molecule has 128 valence electrons. The van der Waals surface area contributed by atoms with Crippen molar-refractivity contribution in [2.24, 2.45) is 0 Å². The number of pyridine rings is 1. The van der Waals surface area contributed by atoms with Crippen LogP contribution in [0.1, 0.15) is 43.0 Å². The van der Waals surface area contributed by atoms with E-state index >= 15 is 0 Å². The van der Waals surface area contributed by atoms with E-state index in [9.17, 15) is 4.79 Å². The lowest BCUT2D eigenvalue weighted by Gasteiger charge is -2.30. The highest BCUT2D eigenvalue weighted by Gasteiger charge is 2.27. The first-order valence-corrected chi connectivity index (χ1v) is 8.85. The zero-order chi connectivity index (χ0) is 17.1. The fourth-order valence-electron chi connectivity index (χ4n) is 3.65. The van der Waals surface area contributed by atoms with Crippen molar-refractivity contribution in [3.05, 3.63) is 60.0 Å². The molecule has 4 rings (SSSR count). The molecule has 3 heterocycles. The Bertz CT molecular complexity index is 860. The number of likely N-dealkylation sites (tertiary alicyclic amines) is 1. The summed E-state index contributed by atoms with van der Waals surface area (Å²) in [6.45, 7) is 0.793. The second kappa shape index (κ2) is 7.05. The van der Waals surface area contributed by atoms with Gasteiger partial charge in [-0.1, -0.05) is 30.1 Å². The zero-order valence-corrected chi connectivity index (χ0v) is 14.1. The van der Waals surface area contributed by atoms with Gasteiger partial charge in [0.05, 0.1) is 12.5 Å². The van der Waals surface area contributed by atoms with Crippen LogP contribution in [0.3, 0.4) is 0 Å². The predicted molar refractivity (Wildman–Crippen MR) is 94.9 cm³/mol. The van der Waals surface area contributed by atoms with E-state index in [1.165, 1.54) is 0 Å². The molecule has 0 unspecified atom stereocenters. The van der Waals surface area contributed by atoms with Crippen LogP contribution in [0.4, 0.5) is 0 Å². The largest absolute Gasteiger partial charge is 0.356 e. The van der Waals surface area contributed by atoms with Crippen LogP contribution in [0, 0.1) is 0 Å². The van der Waals surface area contributed by atoms with Gasteiger partial charge in [-0.15, -0.1) is 0 Å². The van der Waals surface area contributed by atoms with E-state index in [2.05, 4.69) is 10.1 Å². The Balaban J connectivity index is 1.60. The first-order chi connectivity index (χ1) is 12.3. The van der Waals surface area contributed by atoms with Gasteiger partial charge in [-0.25, -0.2) is 0 Å². The number of carbonyl (C=O) groups excluding carboxylic acids is 1. The average Bonchev–Trinajstić information content (AvgIpc) is 2.90. The third kappa shape index (κ3) is 3.27. The van der Waals surface area contributed by atoms with Gasteiger partial charge in [0.15, 0.2) is 5.58 Å². The van der Waals surface area contributed by atoms with Crippen LogP contribution < -0.4 is 0 Å². The lowest BCUT2D eigenvalue weighted by Crippen LogP contribution is -2.36. The van der Waals surface area contributed by atoms with Gasteiger partial charge in [0, 0.05) is 24.3 Å². The summed E-state index contributed by atoms with van der Waals surface area (Å²) in [5, 5.41) is 5.04. The SMILES string of the molecule is O=C(Cc1noc2ccccc12)N1CCCCC[C@@H]1c1ccncc1. The van der Waals surface area contributed by atoms with E-state index in [1.54, 1.807) is 12.4 Å². The van der Waals surface area contributed by atoms with Crippen molar-refractivity contribution in [1.29, 1.82) is 0 Å². The highest BCUT2D eigenvalue weighted by molar-refractivity contribution is 5.86. The summed E-state index contributed by atoms with van der Waals surface area (Å²) in [5.74, 6) is 0.114. The Morgan fingerprint density at radius 3 is 2.84 bits per heavy atom. The van der Waals surface area contributed by atoms with Crippen molar-refractivity contribution in [3.63, 3.8) is 0 Å². The molecule has 1 aromatic carbocycles. The Hall–Kier alpha value is -2.69. The normalized spacial score (nSPS) is 18.2. The topological polar surface area (TPSA) is 59.2 Å². The minimum atomic E-state index is 0.114. The minimum absolute atomic E-state index is 0.114. The van der Waals surface area contributed by atoms with Crippen LogP contribution in [0.2, 0.25) is 0 Å². The molecule has 0 bridgehead atoms. The third-order valence-electron chi connectivity index (χ3n) is 4.93. The van der Waals surface area contributed by atoms with Crippen LogP contribution in [0.25, 0.3) is 11.0 Å². The summed E-state index contributed by atoms with van der Waals surface area (Å²) < 4.78 is 5.34. The number of para-hydroxylation sites is 1. The lowest BCUT2D eigenvalue weighted by atomic mass is 10.0. The molecule has 3 aromatic rings. The van der Waals surface area contributed by atoms with E-state index in [1.807, 2.05) is 41.3 Å². The molecule has 0 saturated carbocycles. The summed E-state index contributed by atoms with van der Waals surface area (Å²) in [5.41, 5.74) is 2.61. The van der Waals surface area contributed by atoms with Gasteiger partial charge in [0.1, 0.15) is 5.69 Å². The Morgan fingerprint density at radius 2 is 1.96 bits per heavy atom.